The van der Waals surface area contributed by atoms with E-state index in [0.29, 0.717) is 25.3 Å². The van der Waals surface area contributed by atoms with Crippen LogP contribution in [0.5, 0.6) is 0 Å². The van der Waals surface area contributed by atoms with Gasteiger partial charge in [-0.3, -0.25) is 0 Å². The average Bonchev–Trinajstić information content (AvgIpc) is 2.15. The van der Waals surface area contributed by atoms with Crippen molar-refractivity contribution < 1.29 is 8.42 Å². The lowest BCUT2D eigenvalue weighted by atomic mass is 10.3. The van der Waals surface area contributed by atoms with Crippen LogP contribution >= 0.6 is 0 Å². The van der Waals surface area contributed by atoms with Gasteiger partial charge in [0.2, 0.25) is 10.0 Å². The van der Waals surface area contributed by atoms with Crippen LogP contribution in [0, 0.1) is 6.92 Å². The van der Waals surface area contributed by atoms with Gasteiger partial charge >= 0.3 is 0 Å². The number of hydrogen-bond donors (Lipinski definition) is 2. The fourth-order valence-corrected chi connectivity index (χ4v) is 1.63. The lowest BCUT2D eigenvalue weighted by molar-refractivity contribution is 0.586. The monoisotopic (exact) mass is 244 g/mol. The van der Waals surface area contributed by atoms with Gasteiger partial charge in [0.05, 0.1) is 12.5 Å². The molecule has 1 heterocycles. The van der Waals surface area contributed by atoms with Gasteiger partial charge in [0.1, 0.15) is 5.82 Å². The Balaban J connectivity index is 2.21. The van der Waals surface area contributed by atoms with Crippen molar-refractivity contribution in [2.24, 2.45) is 0 Å². The van der Waals surface area contributed by atoms with Crippen molar-refractivity contribution in [3.63, 3.8) is 0 Å². The van der Waals surface area contributed by atoms with E-state index in [0.717, 1.165) is 11.8 Å². The number of aryl methyl sites for hydroxylation is 1. The van der Waals surface area contributed by atoms with Crippen LogP contribution in [0.25, 0.3) is 0 Å². The van der Waals surface area contributed by atoms with Crippen molar-refractivity contribution in [3.05, 3.63) is 17.8 Å². The number of anilines is 1. The lowest BCUT2D eigenvalue weighted by Gasteiger charge is -2.05. The fraction of sp³-hybridized carbons (Fsp3) is 0.556. The molecule has 0 saturated heterocycles. The van der Waals surface area contributed by atoms with Crippen LogP contribution in [0.4, 0.5) is 5.82 Å². The van der Waals surface area contributed by atoms with Gasteiger partial charge < -0.3 is 5.32 Å². The summed E-state index contributed by atoms with van der Waals surface area (Å²) in [6.07, 6.45) is 3.52. The highest BCUT2D eigenvalue weighted by Gasteiger charge is 1.99. The highest BCUT2D eigenvalue weighted by Crippen LogP contribution is 2.02. The highest BCUT2D eigenvalue weighted by atomic mass is 32.2. The minimum absolute atomic E-state index is 0.422. The zero-order chi connectivity index (χ0) is 12.0. The zero-order valence-corrected chi connectivity index (χ0v) is 10.2. The van der Waals surface area contributed by atoms with E-state index in [-0.39, 0.29) is 0 Å². The number of nitrogens with one attached hydrogen (secondary N) is 2. The molecule has 0 spiro atoms. The van der Waals surface area contributed by atoms with Gasteiger partial charge in [-0.1, -0.05) is 0 Å². The van der Waals surface area contributed by atoms with E-state index in [1.807, 2.05) is 13.0 Å². The molecule has 0 aliphatic rings. The van der Waals surface area contributed by atoms with Crippen molar-refractivity contribution in [3.8, 4) is 0 Å². The van der Waals surface area contributed by atoms with Gasteiger partial charge in [0.25, 0.3) is 0 Å². The summed E-state index contributed by atoms with van der Waals surface area (Å²) in [5, 5.41) is 10.7. The van der Waals surface area contributed by atoms with E-state index in [4.69, 9.17) is 0 Å². The van der Waals surface area contributed by atoms with E-state index in [1.165, 1.54) is 0 Å². The molecule has 2 N–H and O–H groups in total. The van der Waals surface area contributed by atoms with Crippen molar-refractivity contribution in [1.29, 1.82) is 0 Å². The lowest BCUT2D eigenvalue weighted by Crippen LogP contribution is -2.24. The third-order valence-electron chi connectivity index (χ3n) is 1.82. The number of sulfonamides is 1. The molecule has 0 fully saturated rings. The van der Waals surface area contributed by atoms with Crippen LogP contribution in [0.3, 0.4) is 0 Å². The molecule has 7 heteroatoms. The molecule has 0 amide bonds. The largest absolute Gasteiger partial charge is 0.369 e. The summed E-state index contributed by atoms with van der Waals surface area (Å²) < 4.78 is 23.9. The van der Waals surface area contributed by atoms with E-state index >= 15 is 0 Å². The Morgan fingerprint density at radius 1 is 1.38 bits per heavy atom. The average molecular weight is 244 g/mol. The Hall–Kier alpha value is -1.21. The van der Waals surface area contributed by atoms with Crippen LogP contribution in [0.2, 0.25) is 0 Å². The molecule has 1 aromatic heterocycles. The second-order valence-electron chi connectivity index (χ2n) is 3.56. The van der Waals surface area contributed by atoms with Gasteiger partial charge in [-0.15, -0.1) is 5.10 Å². The molecule has 0 aliphatic heterocycles. The molecule has 0 atom stereocenters. The molecule has 90 valence electrons. The summed E-state index contributed by atoms with van der Waals surface area (Å²) in [5.74, 6) is 0.708. The maximum absolute atomic E-state index is 10.8. The number of nitrogens with zero attached hydrogens (tertiary/aromatic N) is 2. The number of aromatic nitrogens is 2. The summed E-state index contributed by atoms with van der Waals surface area (Å²) in [6, 6.07) is 1.89. The Labute approximate surface area is 95.5 Å². The molecule has 0 bridgehead atoms. The molecule has 0 radical (unpaired) electrons. The SMILES string of the molecule is Cc1cnnc(NCCCNS(C)(=O)=O)c1. The van der Waals surface area contributed by atoms with Crippen molar-refractivity contribution in [1.82, 2.24) is 14.9 Å². The summed E-state index contributed by atoms with van der Waals surface area (Å²) in [4.78, 5) is 0. The van der Waals surface area contributed by atoms with E-state index in [2.05, 4.69) is 20.2 Å². The first kappa shape index (κ1) is 12.9. The predicted octanol–water partition coefficient (Wildman–Crippen LogP) is 0.136. The van der Waals surface area contributed by atoms with E-state index < -0.39 is 10.0 Å². The van der Waals surface area contributed by atoms with Crippen molar-refractivity contribution >= 4 is 15.8 Å². The smallest absolute Gasteiger partial charge is 0.208 e. The number of rotatable bonds is 6. The fourth-order valence-electron chi connectivity index (χ4n) is 1.11. The second kappa shape index (κ2) is 5.76. The molecule has 16 heavy (non-hydrogen) atoms. The minimum Gasteiger partial charge on any atom is -0.369 e. The molecule has 0 unspecified atom stereocenters. The molecular weight excluding hydrogens is 228 g/mol. The third-order valence-corrected chi connectivity index (χ3v) is 2.54. The summed E-state index contributed by atoms with van der Waals surface area (Å²) in [6.45, 7) is 3.01. The summed E-state index contributed by atoms with van der Waals surface area (Å²) in [7, 11) is -3.08. The molecule has 0 aliphatic carbocycles. The molecule has 6 nitrogen and oxygen atoms in total. The first-order valence-electron chi connectivity index (χ1n) is 4.95. The van der Waals surface area contributed by atoms with Crippen LogP contribution in [0.1, 0.15) is 12.0 Å². The first-order valence-corrected chi connectivity index (χ1v) is 6.84. The van der Waals surface area contributed by atoms with E-state index in [9.17, 15) is 8.42 Å². The summed E-state index contributed by atoms with van der Waals surface area (Å²) in [5.41, 5.74) is 1.03. The maximum Gasteiger partial charge on any atom is 0.208 e. The van der Waals surface area contributed by atoms with Gasteiger partial charge in [-0.25, -0.2) is 13.1 Å². The number of hydrogen-bond acceptors (Lipinski definition) is 5. The molecule has 1 rings (SSSR count). The molecule has 0 saturated carbocycles. The topological polar surface area (TPSA) is 84.0 Å². The van der Waals surface area contributed by atoms with Crippen LogP contribution in [-0.2, 0) is 10.0 Å². The Morgan fingerprint density at radius 2 is 2.12 bits per heavy atom. The molecule has 1 aromatic rings. The predicted molar refractivity (Wildman–Crippen MR) is 62.7 cm³/mol. The highest BCUT2D eigenvalue weighted by molar-refractivity contribution is 7.88. The first-order chi connectivity index (χ1) is 7.47. The van der Waals surface area contributed by atoms with Gasteiger partial charge in [0.15, 0.2) is 0 Å². The van der Waals surface area contributed by atoms with Gasteiger partial charge in [0, 0.05) is 13.1 Å². The van der Waals surface area contributed by atoms with Crippen molar-refractivity contribution in [2.45, 2.75) is 13.3 Å². The molecular formula is C9H16N4O2S. The molecule has 0 aromatic carbocycles. The minimum atomic E-state index is -3.08. The Kier molecular flexibility index (Phi) is 4.63. The summed E-state index contributed by atoms with van der Waals surface area (Å²) >= 11 is 0. The quantitative estimate of drug-likeness (QED) is 0.695. The van der Waals surface area contributed by atoms with Crippen LogP contribution < -0.4 is 10.0 Å². The van der Waals surface area contributed by atoms with E-state index in [1.54, 1.807) is 6.20 Å². The second-order valence-corrected chi connectivity index (χ2v) is 5.40. The zero-order valence-electron chi connectivity index (χ0n) is 9.40. The Bertz CT molecular complexity index is 433. The standard InChI is InChI=1S/C9H16N4O2S/c1-8-6-9(13-11-7-8)10-4-3-5-12-16(2,14)15/h6-7,12H,3-5H2,1-2H3,(H,10,13). The van der Waals surface area contributed by atoms with Gasteiger partial charge in [-0.2, -0.15) is 5.10 Å². The van der Waals surface area contributed by atoms with Gasteiger partial charge in [-0.05, 0) is 25.0 Å². The third kappa shape index (κ3) is 5.62. The Morgan fingerprint density at radius 3 is 2.75 bits per heavy atom. The van der Waals surface area contributed by atoms with Crippen molar-refractivity contribution in [2.75, 3.05) is 24.7 Å². The van der Waals surface area contributed by atoms with Crippen LogP contribution in [0.15, 0.2) is 12.3 Å². The van der Waals surface area contributed by atoms with Crippen LogP contribution in [-0.4, -0.2) is 38.0 Å². The maximum atomic E-state index is 10.8. The normalized spacial score (nSPS) is 11.4.